The number of hydrogen-bond donors (Lipinski definition) is 3. The van der Waals surface area contributed by atoms with Gasteiger partial charge in [0.25, 0.3) is 5.91 Å². The Bertz CT molecular complexity index is 1280. The maximum atomic E-state index is 12.7. The average molecular weight is 497 g/mol. The molecular weight excluding hydrogens is 472 g/mol. The molecule has 1 saturated carbocycles. The molecule has 9 nitrogen and oxygen atoms in total. The van der Waals surface area contributed by atoms with Gasteiger partial charge in [-0.1, -0.05) is 11.6 Å². The van der Waals surface area contributed by atoms with Gasteiger partial charge < -0.3 is 30.2 Å². The second-order valence-corrected chi connectivity index (χ2v) is 8.82. The van der Waals surface area contributed by atoms with Crippen LogP contribution in [0.25, 0.3) is 10.9 Å². The van der Waals surface area contributed by atoms with Gasteiger partial charge in [0.2, 0.25) is 0 Å². The number of anilines is 1. The molecule has 2 fully saturated rings. The molecule has 1 aliphatic heterocycles. The Hall–Kier alpha value is -3.56. The Morgan fingerprint density at radius 1 is 1.17 bits per heavy atom. The number of carbonyl (C=O) groups is 2. The zero-order chi connectivity index (χ0) is 24.4. The van der Waals surface area contributed by atoms with Gasteiger partial charge in [-0.2, -0.15) is 0 Å². The predicted molar refractivity (Wildman–Crippen MR) is 132 cm³/mol. The minimum absolute atomic E-state index is 0.0531. The summed E-state index contributed by atoms with van der Waals surface area (Å²) in [7, 11) is 0. The third-order valence-electron chi connectivity index (χ3n) is 5.54. The summed E-state index contributed by atoms with van der Waals surface area (Å²) in [5.41, 5.74) is 1.48. The third kappa shape index (κ3) is 5.75. The van der Waals surface area contributed by atoms with Crippen LogP contribution in [0.5, 0.6) is 17.2 Å². The Labute approximate surface area is 207 Å². The topological polar surface area (TPSA) is 114 Å². The van der Waals surface area contributed by atoms with E-state index in [-0.39, 0.29) is 24.1 Å². The fourth-order valence-corrected chi connectivity index (χ4v) is 3.71. The molecule has 2 heterocycles. The Balaban J connectivity index is 1.40. The van der Waals surface area contributed by atoms with E-state index >= 15 is 0 Å². The monoisotopic (exact) mass is 496 g/mol. The number of ether oxygens (including phenoxy) is 3. The van der Waals surface area contributed by atoms with Crippen LogP contribution in [0.4, 0.5) is 10.5 Å². The molecule has 35 heavy (non-hydrogen) atoms. The standard InChI is InChI=1S/C25H25ClN4O5/c1-2-27-24(31)18-10-17-21(11-23(18)34-13-16-12-33-16)28-8-7-22(17)35-15-5-6-20(19(26)9-15)30-25(32)29-14-3-4-14/h5-11,14,16H,2-4,12-13H2,1H3,(H,27,31)(H2,29,30,32)/t16-/m1/s1. The van der Waals surface area contributed by atoms with Crippen LogP contribution in [0, 0.1) is 0 Å². The predicted octanol–water partition coefficient (Wildman–Crippen LogP) is 4.49. The molecular formula is C25H25ClN4O5. The van der Waals surface area contributed by atoms with Gasteiger partial charge in [0.1, 0.15) is 30.0 Å². The zero-order valence-corrected chi connectivity index (χ0v) is 19.9. The molecule has 1 saturated heterocycles. The Morgan fingerprint density at radius 2 is 2.00 bits per heavy atom. The second kappa shape index (κ2) is 9.97. The second-order valence-electron chi connectivity index (χ2n) is 8.42. The summed E-state index contributed by atoms with van der Waals surface area (Å²) >= 11 is 6.38. The lowest BCUT2D eigenvalue weighted by molar-refractivity contribution is 0.0951. The van der Waals surface area contributed by atoms with Crippen molar-refractivity contribution in [3.63, 3.8) is 0 Å². The fraction of sp³-hybridized carbons (Fsp3) is 0.320. The smallest absolute Gasteiger partial charge is 0.319 e. The fourth-order valence-electron chi connectivity index (χ4n) is 3.50. The highest BCUT2D eigenvalue weighted by molar-refractivity contribution is 6.33. The van der Waals surface area contributed by atoms with Gasteiger partial charge in [-0.05, 0) is 44.0 Å². The van der Waals surface area contributed by atoms with E-state index in [1.807, 2.05) is 6.92 Å². The van der Waals surface area contributed by atoms with Crippen molar-refractivity contribution in [3.05, 3.63) is 53.2 Å². The van der Waals surface area contributed by atoms with E-state index < -0.39 is 0 Å². The van der Waals surface area contributed by atoms with Crippen LogP contribution >= 0.6 is 11.6 Å². The molecule has 2 aromatic carbocycles. The third-order valence-corrected chi connectivity index (χ3v) is 5.85. The van der Waals surface area contributed by atoms with Crippen molar-refractivity contribution >= 4 is 40.1 Å². The summed E-state index contributed by atoms with van der Waals surface area (Å²) < 4.78 is 17.2. The summed E-state index contributed by atoms with van der Waals surface area (Å²) in [5.74, 6) is 1.16. The van der Waals surface area contributed by atoms with Crippen LogP contribution in [0.2, 0.25) is 5.02 Å². The normalized spacial score (nSPS) is 16.5. The number of nitrogens with zero attached hydrogens (tertiary/aromatic N) is 1. The summed E-state index contributed by atoms with van der Waals surface area (Å²) in [6.45, 7) is 3.36. The number of aromatic nitrogens is 1. The number of urea groups is 1. The molecule has 0 spiro atoms. The Kier molecular flexibility index (Phi) is 6.61. The number of fused-ring (bicyclic) bond motifs is 1. The maximum Gasteiger partial charge on any atom is 0.319 e. The zero-order valence-electron chi connectivity index (χ0n) is 19.1. The number of amides is 3. The number of benzene rings is 2. The van der Waals surface area contributed by atoms with Gasteiger partial charge in [0.05, 0.1) is 28.4 Å². The van der Waals surface area contributed by atoms with Crippen LogP contribution in [0.3, 0.4) is 0 Å². The molecule has 5 rings (SSSR count). The van der Waals surface area contributed by atoms with Gasteiger partial charge in [0, 0.05) is 36.3 Å². The van der Waals surface area contributed by atoms with Gasteiger partial charge in [-0.3, -0.25) is 9.78 Å². The number of epoxide rings is 1. The van der Waals surface area contributed by atoms with E-state index in [1.54, 1.807) is 42.6 Å². The number of nitrogens with one attached hydrogen (secondary N) is 3. The van der Waals surface area contributed by atoms with Gasteiger partial charge >= 0.3 is 6.03 Å². The quantitative estimate of drug-likeness (QED) is 0.376. The average Bonchev–Trinajstić information content (AvgIpc) is 3.76. The van der Waals surface area contributed by atoms with E-state index in [1.165, 1.54) is 0 Å². The van der Waals surface area contributed by atoms with Crippen molar-refractivity contribution in [3.8, 4) is 17.2 Å². The van der Waals surface area contributed by atoms with Crippen molar-refractivity contribution in [2.75, 3.05) is 25.1 Å². The molecule has 2 aliphatic rings. The highest BCUT2D eigenvalue weighted by atomic mass is 35.5. The van der Waals surface area contributed by atoms with Crippen molar-refractivity contribution in [1.82, 2.24) is 15.6 Å². The molecule has 3 aromatic rings. The molecule has 3 amide bonds. The first-order valence-electron chi connectivity index (χ1n) is 11.5. The van der Waals surface area contributed by atoms with Crippen LogP contribution in [0.15, 0.2) is 42.6 Å². The molecule has 1 atom stereocenters. The lowest BCUT2D eigenvalue weighted by Gasteiger charge is -2.15. The van der Waals surface area contributed by atoms with E-state index in [0.29, 0.717) is 64.2 Å². The van der Waals surface area contributed by atoms with E-state index in [4.69, 9.17) is 25.8 Å². The summed E-state index contributed by atoms with van der Waals surface area (Å²) in [5, 5.41) is 9.40. The molecule has 0 unspecified atom stereocenters. The van der Waals surface area contributed by atoms with Gasteiger partial charge in [-0.25, -0.2) is 4.79 Å². The number of hydrogen-bond acceptors (Lipinski definition) is 6. The van der Waals surface area contributed by atoms with E-state index in [2.05, 4.69) is 20.9 Å². The molecule has 1 aliphatic carbocycles. The van der Waals surface area contributed by atoms with E-state index in [0.717, 1.165) is 12.8 Å². The number of pyridine rings is 1. The molecule has 0 bridgehead atoms. The molecule has 1 aromatic heterocycles. The van der Waals surface area contributed by atoms with Crippen molar-refractivity contribution in [2.45, 2.75) is 31.9 Å². The summed E-state index contributed by atoms with van der Waals surface area (Å²) in [4.78, 5) is 29.2. The van der Waals surface area contributed by atoms with E-state index in [9.17, 15) is 9.59 Å². The lowest BCUT2D eigenvalue weighted by Crippen LogP contribution is -2.30. The molecule has 10 heteroatoms. The van der Waals surface area contributed by atoms with Crippen LogP contribution in [-0.2, 0) is 4.74 Å². The SMILES string of the molecule is CCNC(=O)c1cc2c(Oc3ccc(NC(=O)NC4CC4)c(Cl)c3)ccnc2cc1OC[C@H]1CO1. The van der Waals surface area contributed by atoms with Crippen molar-refractivity contribution in [1.29, 1.82) is 0 Å². The van der Waals surface area contributed by atoms with Crippen LogP contribution in [0.1, 0.15) is 30.1 Å². The lowest BCUT2D eigenvalue weighted by atomic mass is 10.1. The molecule has 3 N–H and O–H groups in total. The van der Waals surface area contributed by atoms with Crippen molar-refractivity contribution in [2.24, 2.45) is 0 Å². The number of carbonyl (C=O) groups excluding carboxylic acids is 2. The first-order valence-corrected chi connectivity index (χ1v) is 11.9. The number of rotatable bonds is 9. The van der Waals surface area contributed by atoms with Gasteiger partial charge in [0.15, 0.2) is 0 Å². The molecule has 182 valence electrons. The first kappa shape index (κ1) is 23.2. The maximum absolute atomic E-state index is 12.7. The van der Waals surface area contributed by atoms with Crippen LogP contribution in [-0.4, -0.2) is 48.8 Å². The molecule has 0 radical (unpaired) electrons. The number of halogens is 1. The van der Waals surface area contributed by atoms with Crippen molar-refractivity contribution < 1.29 is 23.8 Å². The minimum atomic E-state index is -0.285. The van der Waals surface area contributed by atoms with Crippen LogP contribution < -0.4 is 25.4 Å². The highest BCUT2D eigenvalue weighted by Gasteiger charge is 2.25. The highest BCUT2D eigenvalue weighted by Crippen LogP contribution is 2.35. The minimum Gasteiger partial charge on any atom is -0.490 e. The largest absolute Gasteiger partial charge is 0.490 e. The summed E-state index contributed by atoms with van der Waals surface area (Å²) in [6, 6.07) is 10.1. The summed E-state index contributed by atoms with van der Waals surface area (Å²) in [6.07, 6.45) is 3.67. The first-order chi connectivity index (χ1) is 17.0. The Morgan fingerprint density at radius 3 is 2.71 bits per heavy atom. The van der Waals surface area contributed by atoms with Gasteiger partial charge in [-0.15, -0.1) is 0 Å².